The molecule has 5 heteroatoms. The second-order valence-electron chi connectivity index (χ2n) is 7.14. The zero-order valence-corrected chi connectivity index (χ0v) is 13.8. The average molecular weight is 316 g/mol. The summed E-state index contributed by atoms with van der Waals surface area (Å²) in [6, 6.07) is 0.182. The van der Waals surface area contributed by atoms with Crippen LogP contribution in [0.15, 0.2) is 0 Å². The molecule has 4 nitrogen and oxygen atoms in total. The third kappa shape index (κ3) is 4.26. The third-order valence-electron chi connectivity index (χ3n) is 5.55. The lowest BCUT2D eigenvalue weighted by atomic mass is 9.79. The third-order valence-corrected chi connectivity index (χ3v) is 5.55. The topological polar surface area (TPSA) is 44.4 Å². The summed E-state index contributed by atoms with van der Waals surface area (Å²) in [5, 5.41) is 6.66. The summed E-state index contributed by atoms with van der Waals surface area (Å²) in [5.41, 5.74) is 0.375. The fourth-order valence-corrected chi connectivity index (χ4v) is 4.26. The van der Waals surface area contributed by atoms with E-state index in [1.165, 1.54) is 51.4 Å². The van der Waals surface area contributed by atoms with Gasteiger partial charge in [-0.2, -0.15) is 0 Å². The van der Waals surface area contributed by atoms with Crippen molar-refractivity contribution >= 4 is 18.4 Å². The predicted octanol–water partition coefficient (Wildman–Crippen LogP) is 2.77. The Morgan fingerprint density at radius 1 is 1.19 bits per heavy atom. The standard InChI is InChI=1S/C16H29N3O.ClH/c20-15(18-11-14-5-2-1-3-6-14)19-10-4-7-16(13-19)8-9-17-12-16;/h14,17H,1-13H2,(H,18,20);1H. The molecule has 3 aliphatic rings. The normalized spacial score (nSPS) is 30.2. The Balaban J connectivity index is 0.00000161. The molecule has 3 rings (SSSR count). The summed E-state index contributed by atoms with van der Waals surface area (Å²) < 4.78 is 0. The van der Waals surface area contributed by atoms with Gasteiger partial charge in [0.25, 0.3) is 0 Å². The number of carbonyl (C=O) groups is 1. The lowest BCUT2D eigenvalue weighted by Gasteiger charge is -2.40. The number of nitrogens with one attached hydrogen (secondary N) is 2. The van der Waals surface area contributed by atoms with Crippen LogP contribution in [0, 0.1) is 11.3 Å². The quantitative estimate of drug-likeness (QED) is 0.823. The smallest absolute Gasteiger partial charge is 0.317 e. The van der Waals surface area contributed by atoms with Crippen LogP contribution < -0.4 is 10.6 Å². The first kappa shape index (κ1) is 16.9. The molecule has 2 heterocycles. The van der Waals surface area contributed by atoms with Crippen molar-refractivity contribution in [1.82, 2.24) is 15.5 Å². The predicted molar refractivity (Wildman–Crippen MR) is 87.9 cm³/mol. The van der Waals surface area contributed by atoms with Crippen molar-refractivity contribution in [2.75, 3.05) is 32.7 Å². The fraction of sp³-hybridized carbons (Fsp3) is 0.938. The molecule has 0 aromatic carbocycles. The maximum Gasteiger partial charge on any atom is 0.317 e. The van der Waals surface area contributed by atoms with E-state index in [0.717, 1.165) is 38.6 Å². The van der Waals surface area contributed by atoms with Gasteiger partial charge in [-0.3, -0.25) is 0 Å². The van der Waals surface area contributed by atoms with Crippen LogP contribution in [0.25, 0.3) is 0 Å². The number of piperidine rings is 1. The molecule has 1 saturated carbocycles. The van der Waals surface area contributed by atoms with Crippen LogP contribution in [0.3, 0.4) is 0 Å². The van der Waals surface area contributed by atoms with E-state index >= 15 is 0 Å². The number of carbonyl (C=O) groups excluding carboxylic acids is 1. The zero-order valence-electron chi connectivity index (χ0n) is 13.0. The molecule has 2 aliphatic heterocycles. The molecule has 1 spiro atoms. The van der Waals surface area contributed by atoms with Gasteiger partial charge in [-0.15, -0.1) is 12.4 Å². The molecule has 0 bridgehead atoms. The first-order chi connectivity index (χ1) is 9.77. The number of urea groups is 1. The zero-order chi connectivity index (χ0) is 13.8. The van der Waals surface area contributed by atoms with Crippen molar-refractivity contribution in [2.24, 2.45) is 11.3 Å². The molecule has 1 atom stereocenters. The van der Waals surface area contributed by atoms with E-state index in [0.29, 0.717) is 5.41 Å². The minimum absolute atomic E-state index is 0. The highest BCUT2D eigenvalue weighted by Crippen LogP contribution is 2.35. The fourth-order valence-electron chi connectivity index (χ4n) is 4.26. The van der Waals surface area contributed by atoms with E-state index in [2.05, 4.69) is 15.5 Å². The van der Waals surface area contributed by atoms with E-state index < -0.39 is 0 Å². The Bertz CT molecular complexity index is 338. The van der Waals surface area contributed by atoms with Gasteiger partial charge in [-0.05, 0) is 44.6 Å². The summed E-state index contributed by atoms with van der Waals surface area (Å²) in [5.74, 6) is 0.722. The van der Waals surface area contributed by atoms with Crippen molar-refractivity contribution in [3.63, 3.8) is 0 Å². The molecule has 2 amide bonds. The van der Waals surface area contributed by atoms with Gasteiger partial charge in [0.05, 0.1) is 0 Å². The number of rotatable bonds is 2. The van der Waals surface area contributed by atoms with Crippen LogP contribution in [0.5, 0.6) is 0 Å². The van der Waals surface area contributed by atoms with Gasteiger partial charge in [-0.1, -0.05) is 19.3 Å². The molecule has 122 valence electrons. The Morgan fingerprint density at radius 3 is 2.71 bits per heavy atom. The van der Waals surface area contributed by atoms with E-state index in [-0.39, 0.29) is 18.4 Å². The van der Waals surface area contributed by atoms with Crippen LogP contribution >= 0.6 is 12.4 Å². The highest BCUT2D eigenvalue weighted by atomic mass is 35.5. The van der Waals surface area contributed by atoms with Crippen molar-refractivity contribution in [2.45, 2.75) is 51.4 Å². The van der Waals surface area contributed by atoms with Crippen LogP contribution in [-0.2, 0) is 0 Å². The molecular formula is C16H30ClN3O. The van der Waals surface area contributed by atoms with Crippen LogP contribution in [0.2, 0.25) is 0 Å². The highest BCUT2D eigenvalue weighted by Gasteiger charge is 2.39. The van der Waals surface area contributed by atoms with Gasteiger partial charge in [0.15, 0.2) is 0 Å². The molecule has 2 N–H and O–H groups in total. The van der Waals surface area contributed by atoms with E-state index in [1.807, 2.05) is 0 Å². The first-order valence-corrected chi connectivity index (χ1v) is 8.51. The first-order valence-electron chi connectivity index (χ1n) is 8.51. The molecule has 21 heavy (non-hydrogen) atoms. The second kappa shape index (κ2) is 7.68. The Morgan fingerprint density at radius 2 is 2.00 bits per heavy atom. The van der Waals surface area contributed by atoms with E-state index in [4.69, 9.17) is 0 Å². The molecule has 1 unspecified atom stereocenters. The van der Waals surface area contributed by atoms with E-state index in [1.54, 1.807) is 0 Å². The van der Waals surface area contributed by atoms with E-state index in [9.17, 15) is 4.79 Å². The molecular weight excluding hydrogens is 286 g/mol. The van der Waals surface area contributed by atoms with Gasteiger partial charge >= 0.3 is 6.03 Å². The van der Waals surface area contributed by atoms with Crippen molar-refractivity contribution in [3.8, 4) is 0 Å². The van der Waals surface area contributed by atoms with Gasteiger partial charge < -0.3 is 15.5 Å². The number of hydrogen-bond donors (Lipinski definition) is 2. The molecule has 0 aromatic rings. The molecule has 0 aromatic heterocycles. The van der Waals surface area contributed by atoms with Crippen LogP contribution in [-0.4, -0.2) is 43.7 Å². The van der Waals surface area contributed by atoms with Crippen LogP contribution in [0.4, 0.5) is 4.79 Å². The number of hydrogen-bond acceptors (Lipinski definition) is 2. The average Bonchev–Trinajstić information content (AvgIpc) is 2.93. The number of halogens is 1. The van der Waals surface area contributed by atoms with Crippen LogP contribution in [0.1, 0.15) is 51.4 Å². The van der Waals surface area contributed by atoms with Gasteiger partial charge in [0.1, 0.15) is 0 Å². The van der Waals surface area contributed by atoms with Gasteiger partial charge in [0, 0.05) is 31.6 Å². The monoisotopic (exact) mass is 315 g/mol. The summed E-state index contributed by atoms with van der Waals surface area (Å²) in [6.07, 6.45) is 10.4. The summed E-state index contributed by atoms with van der Waals surface area (Å²) >= 11 is 0. The largest absolute Gasteiger partial charge is 0.338 e. The van der Waals surface area contributed by atoms with Crippen molar-refractivity contribution < 1.29 is 4.79 Å². The molecule has 0 radical (unpaired) electrons. The highest BCUT2D eigenvalue weighted by molar-refractivity contribution is 5.85. The lowest BCUT2D eigenvalue weighted by molar-refractivity contribution is 0.117. The van der Waals surface area contributed by atoms with Crippen molar-refractivity contribution in [3.05, 3.63) is 0 Å². The minimum Gasteiger partial charge on any atom is -0.338 e. The number of amides is 2. The number of nitrogens with zero attached hydrogens (tertiary/aromatic N) is 1. The molecule has 1 aliphatic carbocycles. The summed E-state index contributed by atoms with van der Waals surface area (Å²) in [6.45, 7) is 5.01. The molecule has 2 saturated heterocycles. The number of likely N-dealkylation sites (tertiary alicyclic amines) is 1. The lowest BCUT2D eigenvalue weighted by Crippen LogP contribution is -2.51. The Hall–Kier alpha value is -0.480. The maximum atomic E-state index is 12.4. The SMILES string of the molecule is Cl.O=C(NCC1CCCCC1)N1CCCC2(CCNC2)C1. The summed E-state index contributed by atoms with van der Waals surface area (Å²) in [4.78, 5) is 14.4. The molecule has 3 fully saturated rings. The maximum absolute atomic E-state index is 12.4. The van der Waals surface area contributed by atoms with Gasteiger partial charge in [-0.25, -0.2) is 4.79 Å². The summed E-state index contributed by atoms with van der Waals surface area (Å²) in [7, 11) is 0. The van der Waals surface area contributed by atoms with Gasteiger partial charge in [0.2, 0.25) is 0 Å². The second-order valence-corrected chi connectivity index (χ2v) is 7.14. The Labute approximate surface area is 134 Å². The Kier molecular flexibility index (Phi) is 6.18. The minimum atomic E-state index is 0. The van der Waals surface area contributed by atoms with Crippen molar-refractivity contribution in [1.29, 1.82) is 0 Å².